The first-order valence-corrected chi connectivity index (χ1v) is 18.2. The maximum Gasteiger partial charge on any atom is 0.268 e. The third kappa shape index (κ3) is 4.85. The zero-order valence-electron chi connectivity index (χ0n) is 25.2. The highest BCUT2D eigenvalue weighted by Crippen LogP contribution is 2.61. The van der Waals surface area contributed by atoms with Gasteiger partial charge >= 0.3 is 0 Å². The molecule has 6 rings (SSSR count). The van der Waals surface area contributed by atoms with Crippen molar-refractivity contribution in [2.24, 2.45) is 5.92 Å². The van der Waals surface area contributed by atoms with E-state index in [2.05, 4.69) is 0 Å². The van der Waals surface area contributed by atoms with Crippen molar-refractivity contribution in [1.82, 2.24) is 4.90 Å². The second-order valence-electron chi connectivity index (χ2n) is 12.5. The molecule has 8 nitrogen and oxygen atoms in total. The molecule has 3 amide bonds. The van der Waals surface area contributed by atoms with Gasteiger partial charge in [-0.1, -0.05) is 43.3 Å². The van der Waals surface area contributed by atoms with Gasteiger partial charge in [-0.2, -0.15) is 0 Å². The lowest BCUT2D eigenvalue weighted by Gasteiger charge is -2.31. The van der Waals surface area contributed by atoms with Crippen molar-refractivity contribution in [3.05, 3.63) is 84.4 Å². The molecule has 3 heterocycles. The number of nitrogens with zero attached hydrogens (tertiary/aromatic N) is 3. The number of carbonyl (C=O) groups is 3. The lowest BCUT2D eigenvalue weighted by Crippen LogP contribution is -2.44. The van der Waals surface area contributed by atoms with E-state index in [1.54, 1.807) is 41.1 Å². The van der Waals surface area contributed by atoms with Crippen LogP contribution in [0.1, 0.15) is 31.7 Å². The van der Waals surface area contributed by atoms with E-state index in [1.165, 1.54) is 4.90 Å². The number of fused-ring (bicyclic) bond motifs is 2. The Hall–Kier alpha value is -3.86. The van der Waals surface area contributed by atoms with Gasteiger partial charge in [0.25, 0.3) is 5.91 Å². The van der Waals surface area contributed by atoms with E-state index in [0.29, 0.717) is 34.9 Å². The maximum absolute atomic E-state index is 16.3. The second kappa shape index (κ2) is 11.6. The van der Waals surface area contributed by atoms with E-state index < -0.39 is 31.6 Å². The summed E-state index contributed by atoms with van der Waals surface area (Å²) in [5.74, 6) is -1.14. The average Bonchev–Trinajstić information content (AvgIpc) is 3.68. The number of hydrogen-bond donors (Lipinski definition) is 1. The van der Waals surface area contributed by atoms with Crippen LogP contribution >= 0.6 is 0 Å². The van der Waals surface area contributed by atoms with E-state index in [9.17, 15) is 19.5 Å². The summed E-state index contributed by atoms with van der Waals surface area (Å²) in [6.07, 6.45) is 1.33. The monoisotopic (exact) mass is 615 g/mol. The second-order valence-corrected chi connectivity index (χ2v) is 16.3. The number of para-hydroxylation sites is 2. The Morgan fingerprint density at radius 1 is 1.09 bits per heavy atom. The molecule has 10 heteroatoms. The molecule has 1 N–H and O–H groups in total. The van der Waals surface area contributed by atoms with Gasteiger partial charge in [-0.25, -0.2) is 0 Å². The zero-order chi connectivity index (χ0) is 31.2. The summed E-state index contributed by atoms with van der Waals surface area (Å²) in [7, 11) is -3.51. The van der Waals surface area contributed by atoms with E-state index in [4.69, 9.17) is 4.74 Å². The van der Waals surface area contributed by atoms with Gasteiger partial charge in [0.1, 0.15) is 0 Å². The molecule has 0 aliphatic carbocycles. The first-order valence-electron chi connectivity index (χ1n) is 15.2. The van der Waals surface area contributed by atoms with E-state index in [-0.39, 0.29) is 30.9 Å². The van der Waals surface area contributed by atoms with Crippen LogP contribution in [0.25, 0.3) is 0 Å². The lowest BCUT2D eigenvalue weighted by atomic mass is 9.82. The van der Waals surface area contributed by atoms with Crippen LogP contribution in [0.3, 0.4) is 0 Å². The Morgan fingerprint density at radius 3 is 2.41 bits per heavy atom. The maximum atomic E-state index is 16.3. The number of likely N-dealkylation sites (tertiary alicyclic amines) is 1. The molecule has 0 unspecified atom stereocenters. The van der Waals surface area contributed by atoms with Crippen LogP contribution in [0.5, 0.6) is 0 Å². The van der Waals surface area contributed by atoms with Crippen LogP contribution in [0.15, 0.2) is 78.9 Å². The molecule has 3 aromatic rings. The molecule has 1 spiro atoms. The minimum atomic E-state index is -3.51. The normalized spacial score (nSPS) is 26.3. The van der Waals surface area contributed by atoms with E-state index in [0.717, 1.165) is 19.3 Å². The minimum Gasteiger partial charge on any atom is -0.394 e. The van der Waals surface area contributed by atoms with E-state index >= 15 is 4.11 Å². The number of benzene rings is 3. The summed E-state index contributed by atoms with van der Waals surface area (Å²) in [4.78, 5) is 45.5. The first kappa shape index (κ1) is 30.2. The van der Waals surface area contributed by atoms with Crippen LogP contribution in [-0.4, -0.2) is 61.9 Å². The molecular formula is C34H38FN3O5Si. The van der Waals surface area contributed by atoms with Gasteiger partial charge in [0.15, 0.2) is 5.60 Å². The molecule has 2 saturated heterocycles. The van der Waals surface area contributed by atoms with Crippen LogP contribution in [0.4, 0.5) is 26.9 Å². The Balaban J connectivity index is 1.48. The fraction of sp³-hybridized carbons (Fsp3) is 0.382. The summed E-state index contributed by atoms with van der Waals surface area (Å²) >= 11 is 0. The molecule has 3 aliphatic rings. The van der Waals surface area contributed by atoms with E-state index in [1.807, 2.05) is 67.6 Å². The van der Waals surface area contributed by atoms with Crippen molar-refractivity contribution in [2.75, 3.05) is 23.0 Å². The van der Waals surface area contributed by atoms with Gasteiger partial charge in [-0.3, -0.25) is 24.2 Å². The topological polar surface area (TPSA) is 90.4 Å². The number of aliphatic hydroxyl groups is 1. The number of ether oxygens (including phenoxy) is 1. The summed E-state index contributed by atoms with van der Waals surface area (Å²) in [5, 5.41) is 9.83. The third-order valence-corrected chi connectivity index (χ3v) is 12.0. The number of halogens is 1. The molecule has 0 radical (unpaired) electrons. The number of aliphatic hydroxyl groups excluding tert-OH is 1. The quantitative estimate of drug-likeness (QED) is 0.196. The van der Waals surface area contributed by atoms with Crippen molar-refractivity contribution in [2.45, 2.75) is 62.6 Å². The highest BCUT2D eigenvalue weighted by atomic mass is 28.4. The standard InChI is InChI=1S/C34H38FN3O5Si/c1-23-32(44(2,3)35)30(20-31(41)36-18-10-15-27(36)21-39)43-34(23)28-19-26(37(22-40)24-11-6-4-7-12-24)16-17-29(28)38(33(34)42)25-13-8-5-9-14-25/h4-9,11-14,16-17,19,22-23,27,30,32,39H,10,15,18,20-21H2,1-3H3/t23-,27+,30+,32-,34+/m1/s1. The van der Waals surface area contributed by atoms with Crippen molar-refractivity contribution in [1.29, 1.82) is 0 Å². The molecular weight excluding hydrogens is 577 g/mol. The average molecular weight is 616 g/mol. The summed E-state index contributed by atoms with van der Waals surface area (Å²) in [5.41, 5.74) is 0.757. The molecule has 5 atom stereocenters. The molecule has 0 bridgehead atoms. The third-order valence-electron chi connectivity index (χ3n) is 9.57. The largest absolute Gasteiger partial charge is 0.394 e. The van der Waals surface area contributed by atoms with Crippen LogP contribution in [0, 0.1) is 5.92 Å². The highest BCUT2D eigenvalue weighted by Gasteiger charge is 2.67. The van der Waals surface area contributed by atoms with Crippen molar-refractivity contribution in [3.8, 4) is 0 Å². The van der Waals surface area contributed by atoms with Crippen LogP contribution < -0.4 is 9.80 Å². The summed E-state index contributed by atoms with van der Waals surface area (Å²) < 4.78 is 23.1. The predicted octanol–water partition coefficient (Wildman–Crippen LogP) is 5.81. The molecule has 0 saturated carbocycles. The fourth-order valence-corrected chi connectivity index (χ4v) is 10.1. The summed E-state index contributed by atoms with van der Waals surface area (Å²) in [6, 6.07) is 23.5. The highest BCUT2D eigenvalue weighted by molar-refractivity contribution is 6.72. The number of carbonyl (C=O) groups excluding carboxylic acids is 3. The number of amides is 3. The number of hydrogen-bond acceptors (Lipinski definition) is 5. The SMILES string of the molecule is C[C@@H]1[C@@H]([Si](C)(C)F)[C@H](CC(=O)N2CCC[C@H]2CO)O[C@@]12C(=O)N(c1ccccc1)c1ccc(N(C=O)c3ccccc3)cc12. The van der Waals surface area contributed by atoms with Gasteiger partial charge in [-0.05, 0) is 68.4 Å². The van der Waals surface area contributed by atoms with Crippen LogP contribution in [-0.2, 0) is 24.7 Å². The number of rotatable bonds is 8. The minimum absolute atomic E-state index is 0.0777. The first-order chi connectivity index (χ1) is 21.1. The predicted molar refractivity (Wildman–Crippen MR) is 169 cm³/mol. The van der Waals surface area contributed by atoms with Gasteiger partial charge in [-0.15, -0.1) is 0 Å². The molecule has 44 heavy (non-hydrogen) atoms. The Kier molecular flexibility index (Phi) is 7.94. The van der Waals surface area contributed by atoms with Gasteiger partial charge < -0.3 is 18.9 Å². The van der Waals surface area contributed by atoms with Crippen molar-refractivity contribution in [3.63, 3.8) is 0 Å². The Morgan fingerprint density at radius 2 is 1.77 bits per heavy atom. The lowest BCUT2D eigenvalue weighted by molar-refractivity contribution is -0.149. The molecule has 0 aromatic heterocycles. The summed E-state index contributed by atoms with van der Waals surface area (Å²) in [6.45, 7) is 5.48. The van der Waals surface area contributed by atoms with Crippen molar-refractivity contribution < 1.29 is 28.3 Å². The zero-order valence-corrected chi connectivity index (χ0v) is 26.2. The van der Waals surface area contributed by atoms with Gasteiger partial charge in [0, 0.05) is 40.6 Å². The van der Waals surface area contributed by atoms with Crippen molar-refractivity contribution >= 4 is 49.4 Å². The Bertz CT molecular complexity index is 1550. The van der Waals surface area contributed by atoms with Crippen LogP contribution in [0.2, 0.25) is 18.6 Å². The smallest absolute Gasteiger partial charge is 0.268 e. The molecule has 2 fully saturated rings. The fourth-order valence-electron chi connectivity index (χ4n) is 7.65. The molecule has 3 aromatic carbocycles. The Labute approximate surface area is 258 Å². The molecule has 3 aliphatic heterocycles. The number of anilines is 4. The molecule has 230 valence electrons. The van der Waals surface area contributed by atoms with Gasteiger partial charge in [0.2, 0.25) is 20.7 Å². The van der Waals surface area contributed by atoms with Gasteiger partial charge in [0.05, 0.1) is 30.9 Å².